The van der Waals surface area contributed by atoms with Crippen molar-refractivity contribution in [2.75, 3.05) is 39.3 Å². The summed E-state index contributed by atoms with van der Waals surface area (Å²) in [5.74, 6) is -1.97. The lowest BCUT2D eigenvalue weighted by Gasteiger charge is -2.11. The Hall–Kier alpha value is -1.71. The fraction of sp³-hybridized carbons (Fsp3) is 0.769. The molecule has 9 heteroatoms. The predicted octanol–water partition coefficient (Wildman–Crippen LogP) is -2.53. The number of hydrogen-bond donors (Lipinski definition) is 6. The number of piperazine rings is 2. The van der Waals surface area contributed by atoms with E-state index in [1.807, 2.05) is 0 Å². The average Bonchev–Trinajstić information content (AvgIpc) is 2.52. The summed E-state index contributed by atoms with van der Waals surface area (Å²) in [5, 5.41) is 19.4. The van der Waals surface area contributed by atoms with Gasteiger partial charge in [0, 0.05) is 39.3 Å². The van der Waals surface area contributed by atoms with Gasteiger partial charge < -0.3 is 32.1 Å². The Kier molecular flexibility index (Phi) is 11.0. The number of carbonyl (C=O) groups excluding carboxylic acids is 2. The molecule has 2 amide bonds. The molecule has 2 rings (SSSR count). The van der Waals surface area contributed by atoms with Crippen LogP contribution < -0.4 is 27.0 Å². The van der Waals surface area contributed by atoms with Crippen molar-refractivity contribution >= 4 is 17.8 Å². The first-order valence-electron chi connectivity index (χ1n) is 7.32. The van der Waals surface area contributed by atoms with Crippen molar-refractivity contribution in [2.45, 2.75) is 19.9 Å². The van der Waals surface area contributed by atoms with Gasteiger partial charge in [-0.15, -0.1) is 0 Å². The maximum absolute atomic E-state index is 10.3. The molecule has 1 unspecified atom stereocenters. The van der Waals surface area contributed by atoms with E-state index in [0.717, 1.165) is 26.2 Å². The molecule has 7 N–H and O–H groups in total. The molecule has 0 radical (unpaired) electrons. The molecule has 2 aliphatic rings. The van der Waals surface area contributed by atoms with Crippen molar-refractivity contribution in [3.8, 4) is 0 Å². The largest absolute Gasteiger partial charge is 0.480 e. The summed E-state index contributed by atoms with van der Waals surface area (Å²) in [6.07, 6.45) is 0. The summed E-state index contributed by atoms with van der Waals surface area (Å²) in [4.78, 5) is 30.6. The van der Waals surface area contributed by atoms with Crippen LogP contribution in [-0.4, -0.2) is 68.2 Å². The minimum Gasteiger partial charge on any atom is -0.480 e. The maximum atomic E-state index is 10.3. The highest BCUT2D eigenvalue weighted by Gasteiger charge is 2.15. The van der Waals surface area contributed by atoms with Gasteiger partial charge in [0.2, 0.25) is 0 Å². The van der Waals surface area contributed by atoms with E-state index >= 15 is 0 Å². The van der Waals surface area contributed by atoms with Crippen molar-refractivity contribution in [3.63, 3.8) is 0 Å². The molecule has 0 bridgehead atoms. The average molecular weight is 317 g/mol. The second-order valence-corrected chi connectivity index (χ2v) is 5.12. The fourth-order valence-corrected chi connectivity index (χ4v) is 1.40. The van der Waals surface area contributed by atoms with E-state index in [0.29, 0.717) is 13.1 Å². The second kappa shape index (κ2) is 11.9. The van der Waals surface area contributed by atoms with Gasteiger partial charge in [-0.05, 0) is 5.92 Å². The zero-order valence-electron chi connectivity index (χ0n) is 13.1. The van der Waals surface area contributed by atoms with E-state index in [1.165, 1.54) is 0 Å². The fourth-order valence-electron chi connectivity index (χ4n) is 1.40. The lowest BCUT2D eigenvalue weighted by Crippen LogP contribution is -2.49. The monoisotopic (exact) mass is 317 g/mol. The van der Waals surface area contributed by atoms with Gasteiger partial charge in [0.25, 0.3) is 0 Å². The van der Waals surface area contributed by atoms with E-state index < -0.39 is 23.8 Å². The molecule has 9 nitrogen and oxygen atoms in total. The first-order valence-corrected chi connectivity index (χ1v) is 7.32. The minimum absolute atomic E-state index is 0.0208. The van der Waals surface area contributed by atoms with Gasteiger partial charge in [-0.1, -0.05) is 13.8 Å². The Balaban J connectivity index is 0.000000304. The van der Waals surface area contributed by atoms with Crippen LogP contribution in [0, 0.1) is 5.92 Å². The van der Waals surface area contributed by atoms with Crippen LogP contribution in [0.1, 0.15) is 13.8 Å². The highest BCUT2D eigenvalue weighted by atomic mass is 16.4. The molecule has 2 heterocycles. The van der Waals surface area contributed by atoms with Crippen LogP contribution in [0.3, 0.4) is 0 Å². The van der Waals surface area contributed by atoms with Crippen molar-refractivity contribution in [3.05, 3.63) is 0 Å². The van der Waals surface area contributed by atoms with Crippen LogP contribution >= 0.6 is 0 Å². The standard InChI is InChI=1S/C5H11NO2.C4H6N2O2.C4H10N2/c1-3(2)4(6)5(7)8;7-3-4(8)6-2-1-5-3;1-2-6-4-3-5-1/h3-4H,6H2,1-2H3,(H,7,8);1-2H2,(H,5,7)(H,6,8);5-6H,1-4H2. The van der Waals surface area contributed by atoms with Crippen molar-refractivity contribution in [1.29, 1.82) is 0 Å². The molecule has 0 aromatic carbocycles. The summed E-state index contributed by atoms with van der Waals surface area (Å²) in [5.41, 5.74) is 5.16. The van der Waals surface area contributed by atoms with Gasteiger partial charge in [0.15, 0.2) is 0 Å². The first kappa shape index (κ1) is 20.3. The number of carboxylic acid groups (broad SMARTS) is 1. The van der Waals surface area contributed by atoms with Crippen LogP contribution in [0.15, 0.2) is 0 Å². The van der Waals surface area contributed by atoms with Crippen molar-refractivity contribution < 1.29 is 19.5 Å². The minimum atomic E-state index is -0.931. The van der Waals surface area contributed by atoms with E-state index in [9.17, 15) is 14.4 Å². The summed E-state index contributed by atoms with van der Waals surface area (Å²) in [6, 6.07) is -0.713. The molecule has 22 heavy (non-hydrogen) atoms. The van der Waals surface area contributed by atoms with Crippen molar-refractivity contribution in [2.24, 2.45) is 11.7 Å². The molecule has 0 aromatic rings. The normalized spacial score (nSPS) is 18.7. The van der Waals surface area contributed by atoms with Gasteiger partial charge >= 0.3 is 17.8 Å². The Labute approximate surface area is 130 Å². The lowest BCUT2D eigenvalue weighted by molar-refractivity contribution is -0.140. The SMILES string of the molecule is C1CNCCN1.CC(C)C(N)C(=O)O.O=C1NCCNC1=O. The lowest BCUT2D eigenvalue weighted by atomic mass is 10.1. The zero-order chi connectivity index (χ0) is 17.0. The topological polar surface area (TPSA) is 146 Å². The molecule has 2 saturated heterocycles. The first-order chi connectivity index (χ1) is 10.4. The zero-order valence-corrected chi connectivity index (χ0v) is 13.1. The summed E-state index contributed by atoms with van der Waals surface area (Å²) < 4.78 is 0. The smallest absolute Gasteiger partial charge is 0.320 e. The number of carboxylic acids is 1. The van der Waals surface area contributed by atoms with Gasteiger partial charge in [0.1, 0.15) is 6.04 Å². The Bertz CT molecular complexity index is 331. The highest BCUT2D eigenvalue weighted by Crippen LogP contribution is 1.96. The molecule has 2 aliphatic heterocycles. The number of hydrogen-bond acceptors (Lipinski definition) is 6. The maximum Gasteiger partial charge on any atom is 0.320 e. The molecule has 128 valence electrons. The van der Waals surface area contributed by atoms with Gasteiger partial charge in [-0.2, -0.15) is 0 Å². The Morgan fingerprint density at radius 1 is 0.955 bits per heavy atom. The van der Waals surface area contributed by atoms with E-state index in [1.54, 1.807) is 13.8 Å². The predicted molar refractivity (Wildman–Crippen MR) is 82.2 cm³/mol. The quantitative estimate of drug-likeness (QED) is 0.308. The number of amides is 2. The summed E-state index contributed by atoms with van der Waals surface area (Å²) in [6.45, 7) is 9.20. The Morgan fingerprint density at radius 3 is 1.45 bits per heavy atom. The molecule has 0 spiro atoms. The third-order valence-electron chi connectivity index (χ3n) is 2.86. The van der Waals surface area contributed by atoms with Gasteiger partial charge in [-0.3, -0.25) is 14.4 Å². The molecule has 0 aromatic heterocycles. The highest BCUT2D eigenvalue weighted by molar-refractivity contribution is 6.35. The second-order valence-electron chi connectivity index (χ2n) is 5.12. The molecule has 0 saturated carbocycles. The van der Waals surface area contributed by atoms with Crippen molar-refractivity contribution in [1.82, 2.24) is 21.3 Å². The van der Waals surface area contributed by atoms with Crippen LogP contribution in [-0.2, 0) is 14.4 Å². The van der Waals surface area contributed by atoms with E-state index in [-0.39, 0.29) is 5.92 Å². The number of aliphatic carboxylic acids is 1. The van der Waals surface area contributed by atoms with E-state index in [4.69, 9.17) is 10.8 Å². The number of rotatable bonds is 2. The van der Waals surface area contributed by atoms with Crippen LogP contribution in [0.5, 0.6) is 0 Å². The number of nitrogens with one attached hydrogen (secondary N) is 4. The van der Waals surface area contributed by atoms with Gasteiger partial charge in [-0.25, -0.2) is 0 Å². The van der Waals surface area contributed by atoms with E-state index in [2.05, 4.69) is 21.3 Å². The molecule has 1 atom stereocenters. The molecular weight excluding hydrogens is 290 g/mol. The number of carbonyl (C=O) groups is 3. The molecular formula is C13H27N5O4. The van der Waals surface area contributed by atoms with Crippen LogP contribution in [0.2, 0.25) is 0 Å². The third-order valence-corrected chi connectivity index (χ3v) is 2.86. The molecule has 2 fully saturated rings. The van der Waals surface area contributed by atoms with Gasteiger partial charge in [0.05, 0.1) is 0 Å². The number of nitrogens with two attached hydrogens (primary N) is 1. The van der Waals surface area contributed by atoms with Crippen LogP contribution in [0.25, 0.3) is 0 Å². The van der Waals surface area contributed by atoms with Crippen LogP contribution in [0.4, 0.5) is 0 Å². The summed E-state index contributed by atoms with van der Waals surface area (Å²) in [7, 11) is 0. The third kappa shape index (κ3) is 10.1. The summed E-state index contributed by atoms with van der Waals surface area (Å²) >= 11 is 0. The molecule has 0 aliphatic carbocycles. The Morgan fingerprint density at radius 2 is 1.32 bits per heavy atom.